The SMILES string of the molecule is O=C(Nc1ccccc1O)c1cccc(-c2cccs2)c1. The van der Waals surface area contributed by atoms with Gasteiger partial charge in [-0.3, -0.25) is 4.79 Å². The molecule has 21 heavy (non-hydrogen) atoms. The largest absolute Gasteiger partial charge is 0.506 e. The van der Waals surface area contributed by atoms with Crippen molar-refractivity contribution in [1.29, 1.82) is 0 Å². The van der Waals surface area contributed by atoms with Crippen LogP contribution in [0.1, 0.15) is 10.4 Å². The molecule has 0 aliphatic rings. The number of nitrogens with one attached hydrogen (secondary N) is 1. The van der Waals surface area contributed by atoms with Gasteiger partial charge in [-0.25, -0.2) is 0 Å². The Morgan fingerprint density at radius 2 is 1.86 bits per heavy atom. The number of phenolic OH excluding ortho intramolecular Hbond substituents is 1. The summed E-state index contributed by atoms with van der Waals surface area (Å²) < 4.78 is 0. The van der Waals surface area contributed by atoms with Crippen LogP contribution < -0.4 is 5.32 Å². The number of carbonyl (C=O) groups is 1. The second-order valence-corrected chi connectivity index (χ2v) is 5.48. The molecule has 1 aromatic heterocycles. The number of para-hydroxylation sites is 2. The first-order valence-corrected chi connectivity index (χ1v) is 7.35. The summed E-state index contributed by atoms with van der Waals surface area (Å²) in [7, 11) is 0. The first-order valence-electron chi connectivity index (χ1n) is 6.47. The zero-order valence-electron chi connectivity index (χ0n) is 11.1. The van der Waals surface area contributed by atoms with Crippen molar-refractivity contribution in [3.05, 3.63) is 71.6 Å². The highest BCUT2D eigenvalue weighted by Crippen LogP contribution is 2.26. The van der Waals surface area contributed by atoms with Gasteiger partial charge >= 0.3 is 0 Å². The van der Waals surface area contributed by atoms with Crippen LogP contribution in [0.25, 0.3) is 10.4 Å². The van der Waals surface area contributed by atoms with E-state index in [-0.39, 0.29) is 11.7 Å². The van der Waals surface area contributed by atoms with Crippen molar-refractivity contribution >= 4 is 22.9 Å². The maximum atomic E-state index is 12.3. The fourth-order valence-corrected chi connectivity index (χ4v) is 2.75. The number of anilines is 1. The highest BCUT2D eigenvalue weighted by atomic mass is 32.1. The summed E-state index contributed by atoms with van der Waals surface area (Å²) in [4.78, 5) is 13.4. The van der Waals surface area contributed by atoms with E-state index < -0.39 is 0 Å². The summed E-state index contributed by atoms with van der Waals surface area (Å²) >= 11 is 1.63. The fourth-order valence-electron chi connectivity index (χ4n) is 2.03. The van der Waals surface area contributed by atoms with Crippen molar-refractivity contribution in [3.8, 4) is 16.2 Å². The van der Waals surface area contributed by atoms with Gasteiger partial charge in [-0.1, -0.05) is 30.3 Å². The van der Waals surface area contributed by atoms with Crippen LogP contribution >= 0.6 is 11.3 Å². The lowest BCUT2D eigenvalue weighted by atomic mass is 10.1. The molecule has 0 radical (unpaired) electrons. The average molecular weight is 295 g/mol. The minimum absolute atomic E-state index is 0.0558. The molecule has 0 aliphatic carbocycles. The lowest BCUT2D eigenvalue weighted by molar-refractivity contribution is 0.102. The number of carbonyl (C=O) groups excluding carboxylic acids is 1. The molecular formula is C17H13NO2S. The highest BCUT2D eigenvalue weighted by Gasteiger charge is 2.09. The van der Waals surface area contributed by atoms with Crippen molar-refractivity contribution in [1.82, 2.24) is 0 Å². The molecule has 1 heterocycles. The standard InChI is InChI=1S/C17H13NO2S/c19-15-8-2-1-7-14(15)18-17(20)13-6-3-5-12(11-13)16-9-4-10-21-16/h1-11,19H,(H,18,20). The first-order chi connectivity index (χ1) is 10.2. The predicted molar refractivity (Wildman–Crippen MR) is 85.8 cm³/mol. The number of aromatic hydroxyl groups is 1. The van der Waals surface area contributed by atoms with E-state index in [0.29, 0.717) is 11.3 Å². The molecule has 104 valence electrons. The van der Waals surface area contributed by atoms with Gasteiger partial charge in [0.25, 0.3) is 5.91 Å². The van der Waals surface area contributed by atoms with Crippen LogP contribution in [0.4, 0.5) is 5.69 Å². The molecule has 0 saturated heterocycles. The number of hydrogen-bond donors (Lipinski definition) is 2. The summed E-state index contributed by atoms with van der Waals surface area (Å²) in [6.45, 7) is 0. The third-order valence-electron chi connectivity index (χ3n) is 3.08. The van der Waals surface area contributed by atoms with E-state index >= 15 is 0 Å². The molecule has 0 fully saturated rings. The van der Waals surface area contributed by atoms with Crippen LogP contribution in [0.15, 0.2) is 66.0 Å². The molecule has 0 atom stereocenters. The van der Waals surface area contributed by atoms with Crippen LogP contribution in [0, 0.1) is 0 Å². The maximum absolute atomic E-state index is 12.3. The summed E-state index contributed by atoms with van der Waals surface area (Å²) in [6, 6.07) is 18.1. The molecule has 0 saturated carbocycles. The molecule has 1 amide bonds. The first kappa shape index (κ1) is 13.4. The average Bonchev–Trinajstić information content (AvgIpc) is 3.04. The van der Waals surface area contributed by atoms with Gasteiger partial charge in [0.15, 0.2) is 0 Å². The second-order valence-electron chi connectivity index (χ2n) is 4.53. The van der Waals surface area contributed by atoms with E-state index in [9.17, 15) is 9.90 Å². The van der Waals surface area contributed by atoms with Gasteiger partial charge in [0.2, 0.25) is 0 Å². The van der Waals surface area contributed by atoms with Gasteiger partial charge in [0, 0.05) is 10.4 Å². The number of amides is 1. The third-order valence-corrected chi connectivity index (χ3v) is 4.00. The number of hydrogen-bond acceptors (Lipinski definition) is 3. The molecule has 0 unspecified atom stereocenters. The Kier molecular flexibility index (Phi) is 3.71. The molecule has 0 spiro atoms. The van der Waals surface area contributed by atoms with Crippen molar-refractivity contribution in [2.24, 2.45) is 0 Å². The monoisotopic (exact) mass is 295 g/mol. The molecular weight excluding hydrogens is 282 g/mol. The van der Waals surface area contributed by atoms with Crippen LogP contribution in [0.5, 0.6) is 5.75 Å². The van der Waals surface area contributed by atoms with E-state index in [1.165, 1.54) is 6.07 Å². The van der Waals surface area contributed by atoms with Crippen LogP contribution in [0.2, 0.25) is 0 Å². The quantitative estimate of drug-likeness (QED) is 0.705. The lowest BCUT2D eigenvalue weighted by Gasteiger charge is -2.08. The molecule has 4 heteroatoms. The maximum Gasteiger partial charge on any atom is 0.255 e. The normalized spacial score (nSPS) is 10.3. The zero-order chi connectivity index (χ0) is 14.7. The molecule has 0 bridgehead atoms. The Morgan fingerprint density at radius 3 is 2.62 bits per heavy atom. The molecule has 2 aromatic carbocycles. The third kappa shape index (κ3) is 2.95. The summed E-state index contributed by atoms with van der Waals surface area (Å²) in [6.07, 6.45) is 0. The van der Waals surface area contributed by atoms with Gasteiger partial charge in [-0.2, -0.15) is 0 Å². The number of benzene rings is 2. The van der Waals surface area contributed by atoms with E-state index in [1.54, 1.807) is 35.6 Å². The van der Waals surface area contributed by atoms with E-state index in [4.69, 9.17) is 0 Å². The van der Waals surface area contributed by atoms with Crippen LogP contribution in [-0.4, -0.2) is 11.0 Å². The summed E-state index contributed by atoms with van der Waals surface area (Å²) in [5.41, 5.74) is 1.98. The molecule has 3 rings (SSSR count). The lowest BCUT2D eigenvalue weighted by Crippen LogP contribution is -2.11. The number of thiophene rings is 1. The Bertz CT molecular complexity index is 766. The van der Waals surface area contributed by atoms with Gasteiger partial charge < -0.3 is 10.4 Å². The molecule has 2 N–H and O–H groups in total. The summed E-state index contributed by atoms with van der Waals surface area (Å²) in [5.74, 6) is -0.185. The Morgan fingerprint density at radius 1 is 1.00 bits per heavy atom. The van der Waals surface area contributed by atoms with E-state index in [0.717, 1.165) is 10.4 Å². The molecule has 3 nitrogen and oxygen atoms in total. The second kappa shape index (κ2) is 5.81. The smallest absolute Gasteiger partial charge is 0.255 e. The van der Waals surface area contributed by atoms with Crippen molar-refractivity contribution in [2.75, 3.05) is 5.32 Å². The molecule has 3 aromatic rings. The minimum atomic E-state index is -0.241. The number of phenols is 1. The topological polar surface area (TPSA) is 49.3 Å². The Hall–Kier alpha value is -2.59. The van der Waals surface area contributed by atoms with E-state index in [2.05, 4.69) is 5.32 Å². The van der Waals surface area contributed by atoms with Gasteiger partial charge in [0.05, 0.1) is 5.69 Å². The summed E-state index contributed by atoms with van der Waals surface area (Å²) in [5, 5.41) is 14.4. The zero-order valence-corrected chi connectivity index (χ0v) is 11.9. The van der Waals surface area contributed by atoms with Crippen molar-refractivity contribution in [3.63, 3.8) is 0 Å². The minimum Gasteiger partial charge on any atom is -0.506 e. The highest BCUT2D eigenvalue weighted by molar-refractivity contribution is 7.13. The Labute approximate surface area is 126 Å². The van der Waals surface area contributed by atoms with Crippen LogP contribution in [0.3, 0.4) is 0 Å². The van der Waals surface area contributed by atoms with Gasteiger partial charge in [-0.05, 0) is 41.3 Å². The van der Waals surface area contributed by atoms with Gasteiger partial charge in [-0.15, -0.1) is 11.3 Å². The Balaban J connectivity index is 1.85. The van der Waals surface area contributed by atoms with Crippen molar-refractivity contribution in [2.45, 2.75) is 0 Å². The fraction of sp³-hybridized carbons (Fsp3) is 0. The van der Waals surface area contributed by atoms with Crippen LogP contribution in [-0.2, 0) is 0 Å². The van der Waals surface area contributed by atoms with Crippen molar-refractivity contribution < 1.29 is 9.90 Å². The predicted octanol–water partition coefficient (Wildman–Crippen LogP) is 4.37. The van der Waals surface area contributed by atoms with E-state index in [1.807, 2.05) is 35.7 Å². The molecule has 0 aliphatic heterocycles. The van der Waals surface area contributed by atoms with Gasteiger partial charge in [0.1, 0.15) is 5.75 Å². The number of rotatable bonds is 3.